The normalized spacial score (nSPS) is 20.8. The molecule has 5 nitrogen and oxygen atoms in total. The number of hydrogen-bond acceptors (Lipinski definition) is 4. The fourth-order valence-electron chi connectivity index (χ4n) is 5.25. The largest absolute Gasteiger partial charge is 0.508 e. The first kappa shape index (κ1) is 31.0. The molecule has 2 fully saturated rings. The summed E-state index contributed by atoms with van der Waals surface area (Å²) in [6.45, 7) is 3.78. The Hall–Kier alpha value is -2.93. The van der Waals surface area contributed by atoms with Gasteiger partial charge >= 0.3 is 12.4 Å². The Balaban J connectivity index is 1.57. The SMILES string of the molecule is Cc1ccc(CC2CN(CCN3CCC(F)(F)CC3)CCN2C(=O)c2cc(C(F)(F)F)cc(C(F)(F)F)c2)cc1O. The van der Waals surface area contributed by atoms with E-state index in [0.29, 0.717) is 42.9 Å². The third-order valence-electron chi connectivity index (χ3n) is 7.73. The number of carbonyl (C=O) groups excluding carboxylic acids is 1. The van der Waals surface area contributed by atoms with E-state index >= 15 is 0 Å². The van der Waals surface area contributed by atoms with Gasteiger partial charge < -0.3 is 14.9 Å². The van der Waals surface area contributed by atoms with Crippen molar-refractivity contribution in [2.75, 3.05) is 45.8 Å². The number of rotatable bonds is 6. The Bertz CT molecular complexity index is 1210. The molecule has 2 heterocycles. The second-order valence-corrected chi connectivity index (χ2v) is 10.8. The molecule has 2 aliphatic rings. The third-order valence-corrected chi connectivity index (χ3v) is 7.73. The summed E-state index contributed by atoms with van der Waals surface area (Å²) in [5.41, 5.74) is -2.60. The highest BCUT2D eigenvalue weighted by Crippen LogP contribution is 2.37. The van der Waals surface area contributed by atoms with Crippen LogP contribution >= 0.6 is 0 Å². The Morgan fingerprint density at radius 2 is 1.46 bits per heavy atom. The summed E-state index contributed by atoms with van der Waals surface area (Å²) < 4.78 is 108. The monoisotopic (exact) mass is 593 g/mol. The number of aromatic hydroxyl groups is 1. The van der Waals surface area contributed by atoms with Gasteiger partial charge in [0.05, 0.1) is 11.1 Å². The summed E-state index contributed by atoms with van der Waals surface area (Å²) in [6, 6.07) is 5.14. The average Bonchev–Trinajstić information content (AvgIpc) is 2.88. The molecule has 1 unspecified atom stereocenters. The zero-order valence-electron chi connectivity index (χ0n) is 22.3. The lowest BCUT2D eigenvalue weighted by Gasteiger charge is -2.42. The van der Waals surface area contributed by atoms with Crippen molar-refractivity contribution in [3.63, 3.8) is 0 Å². The van der Waals surface area contributed by atoms with Crippen LogP contribution in [0.5, 0.6) is 5.75 Å². The Kier molecular flexibility index (Phi) is 8.89. The molecule has 226 valence electrons. The van der Waals surface area contributed by atoms with Crippen molar-refractivity contribution >= 4 is 5.91 Å². The lowest BCUT2D eigenvalue weighted by molar-refractivity contribution is -0.143. The second kappa shape index (κ2) is 11.7. The Morgan fingerprint density at radius 1 is 0.878 bits per heavy atom. The second-order valence-electron chi connectivity index (χ2n) is 10.8. The van der Waals surface area contributed by atoms with Crippen LogP contribution in [0.25, 0.3) is 0 Å². The van der Waals surface area contributed by atoms with Crippen molar-refractivity contribution in [3.8, 4) is 5.75 Å². The van der Waals surface area contributed by atoms with Crippen LogP contribution in [-0.2, 0) is 18.8 Å². The molecule has 1 N–H and O–H groups in total. The summed E-state index contributed by atoms with van der Waals surface area (Å²) in [5, 5.41) is 10.2. The molecule has 0 saturated carbocycles. The highest BCUT2D eigenvalue weighted by molar-refractivity contribution is 5.95. The minimum atomic E-state index is -5.09. The van der Waals surface area contributed by atoms with Gasteiger partial charge in [-0.05, 0) is 48.7 Å². The summed E-state index contributed by atoms with van der Waals surface area (Å²) in [5.74, 6) is -3.62. The van der Waals surface area contributed by atoms with Gasteiger partial charge in [-0.2, -0.15) is 26.3 Å². The van der Waals surface area contributed by atoms with Crippen LogP contribution in [-0.4, -0.2) is 83.5 Å². The van der Waals surface area contributed by atoms with Gasteiger partial charge in [0.2, 0.25) is 0 Å². The topological polar surface area (TPSA) is 47.0 Å². The average molecular weight is 594 g/mol. The van der Waals surface area contributed by atoms with Crippen LogP contribution in [0.2, 0.25) is 0 Å². The van der Waals surface area contributed by atoms with E-state index < -0.39 is 46.9 Å². The number of hydrogen-bond donors (Lipinski definition) is 1. The summed E-state index contributed by atoms with van der Waals surface area (Å²) in [6.07, 6.45) is -10.5. The molecule has 0 radical (unpaired) electrons. The maximum atomic E-state index is 13.5. The molecule has 2 aromatic carbocycles. The minimum Gasteiger partial charge on any atom is -0.508 e. The molecule has 0 aliphatic carbocycles. The number of piperazine rings is 1. The van der Waals surface area contributed by atoms with Crippen molar-refractivity contribution in [3.05, 3.63) is 64.2 Å². The van der Waals surface area contributed by atoms with Gasteiger partial charge in [-0.1, -0.05) is 12.1 Å². The van der Waals surface area contributed by atoms with E-state index in [2.05, 4.69) is 0 Å². The number of carbonyl (C=O) groups is 1. The van der Waals surface area contributed by atoms with Gasteiger partial charge in [-0.25, -0.2) is 8.78 Å². The molecule has 13 heteroatoms. The smallest absolute Gasteiger partial charge is 0.416 e. The molecular formula is C28H31F8N3O2. The molecule has 2 aromatic rings. The molecule has 2 saturated heterocycles. The predicted octanol–water partition coefficient (Wildman–Crippen LogP) is 5.84. The van der Waals surface area contributed by atoms with Gasteiger partial charge in [0, 0.05) is 70.3 Å². The number of likely N-dealkylation sites (tertiary alicyclic amines) is 1. The molecule has 2 aliphatic heterocycles. The van der Waals surface area contributed by atoms with E-state index in [1.54, 1.807) is 19.1 Å². The third kappa shape index (κ3) is 7.88. The number of phenolic OH excluding ortho intramolecular Hbond substituents is 1. The molecule has 0 spiro atoms. The van der Waals surface area contributed by atoms with Crippen molar-refractivity contribution < 1.29 is 45.0 Å². The molecule has 41 heavy (non-hydrogen) atoms. The first-order chi connectivity index (χ1) is 19.0. The lowest BCUT2D eigenvalue weighted by atomic mass is 9.98. The number of amides is 1. The van der Waals surface area contributed by atoms with Crippen molar-refractivity contribution in [2.45, 2.75) is 50.5 Å². The van der Waals surface area contributed by atoms with Crippen LogP contribution in [0, 0.1) is 6.92 Å². The summed E-state index contributed by atoms with van der Waals surface area (Å²) in [4.78, 5) is 18.7. The Morgan fingerprint density at radius 3 is 2.02 bits per heavy atom. The summed E-state index contributed by atoms with van der Waals surface area (Å²) in [7, 11) is 0. The van der Waals surface area contributed by atoms with Crippen molar-refractivity contribution in [1.29, 1.82) is 0 Å². The minimum absolute atomic E-state index is 0.0161. The van der Waals surface area contributed by atoms with Crippen LogP contribution < -0.4 is 0 Å². The highest BCUT2D eigenvalue weighted by Gasteiger charge is 2.39. The predicted molar refractivity (Wildman–Crippen MR) is 135 cm³/mol. The first-order valence-corrected chi connectivity index (χ1v) is 13.2. The number of piperidine rings is 1. The van der Waals surface area contributed by atoms with E-state index in [1.165, 1.54) is 11.0 Å². The number of nitrogens with zero attached hydrogens (tertiary/aromatic N) is 3. The first-order valence-electron chi connectivity index (χ1n) is 13.2. The molecular weight excluding hydrogens is 562 g/mol. The Labute approximate surface area is 232 Å². The zero-order valence-corrected chi connectivity index (χ0v) is 22.3. The molecule has 0 bridgehead atoms. The fraction of sp³-hybridized carbons (Fsp3) is 0.536. The maximum absolute atomic E-state index is 13.5. The quantitative estimate of drug-likeness (QED) is 0.428. The van der Waals surface area contributed by atoms with Gasteiger partial charge in [0.1, 0.15) is 5.75 Å². The van der Waals surface area contributed by atoms with Crippen LogP contribution in [0.1, 0.15) is 45.5 Å². The van der Waals surface area contributed by atoms with Gasteiger partial charge in [-0.15, -0.1) is 0 Å². The van der Waals surface area contributed by atoms with Gasteiger partial charge in [0.25, 0.3) is 11.8 Å². The van der Waals surface area contributed by atoms with E-state index in [0.717, 1.165) is 0 Å². The van der Waals surface area contributed by atoms with E-state index in [-0.39, 0.29) is 57.3 Å². The molecule has 0 aromatic heterocycles. The molecule has 1 amide bonds. The van der Waals surface area contributed by atoms with Crippen LogP contribution in [0.3, 0.4) is 0 Å². The fourth-order valence-corrected chi connectivity index (χ4v) is 5.25. The number of aryl methyl sites for hydroxylation is 1. The van der Waals surface area contributed by atoms with Crippen molar-refractivity contribution in [1.82, 2.24) is 14.7 Å². The van der Waals surface area contributed by atoms with Gasteiger partial charge in [-0.3, -0.25) is 9.69 Å². The lowest BCUT2D eigenvalue weighted by Crippen LogP contribution is -2.57. The maximum Gasteiger partial charge on any atom is 0.416 e. The zero-order chi connectivity index (χ0) is 30.2. The number of halogens is 8. The van der Waals surface area contributed by atoms with Gasteiger partial charge in [0.15, 0.2) is 0 Å². The van der Waals surface area contributed by atoms with E-state index in [9.17, 15) is 45.0 Å². The molecule has 1 atom stereocenters. The number of phenols is 1. The van der Waals surface area contributed by atoms with Crippen LogP contribution in [0.4, 0.5) is 35.1 Å². The molecule has 4 rings (SSSR count). The van der Waals surface area contributed by atoms with E-state index in [4.69, 9.17) is 0 Å². The summed E-state index contributed by atoms with van der Waals surface area (Å²) >= 11 is 0. The van der Waals surface area contributed by atoms with Crippen molar-refractivity contribution in [2.24, 2.45) is 0 Å². The highest BCUT2D eigenvalue weighted by atomic mass is 19.4. The van der Waals surface area contributed by atoms with Crippen LogP contribution in [0.15, 0.2) is 36.4 Å². The number of benzene rings is 2. The number of alkyl halides is 8. The van der Waals surface area contributed by atoms with E-state index in [1.807, 2.05) is 9.80 Å². The standard InChI is InChI=1S/C28H31F8N3O2/c1-18-2-3-19(13-24(18)40)12-23-17-38(9-8-37-6-4-26(29,30)5-7-37)10-11-39(23)25(41)20-14-21(27(31,32)33)16-22(15-20)28(34,35)36/h2-3,13-16,23,40H,4-12,17H2,1H3.